The molecule has 0 spiro atoms. The molecule has 0 bridgehead atoms. The number of aliphatic hydroxyl groups excluding tert-OH is 1. The number of hydrogen-bond donors (Lipinski definition) is 3. The van der Waals surface area contributed by atoms with Crippen molar-refractivity contribution in [2.75, 3.05) is 39.6 Å². The highest BCUT2D eigenvalue weighted by Gasteiger charge is 2.30. The van der Waals surface area contributed by atoms with Crippen LogP contribution >= 0.6 is 15.6 Å². The fraction of sp³-hybridized carbons (Fsp3) is 0.781. The predicted octanol–water partition coefficient (Wildman–Crippen LogP) is 20.1. The average Bonchev–Trinajstić information content (AvgIpc) is 2.24. The number of phosphoric ester groups is 2. The number of allylic oxidation sites excluding steroid dienone is 12. The van der Waals surface area contributed by atoms with Crippen molar-refractivity contribution in [1.29, 1.82) is 0 Å². The van der Waals surface area contributed by atoms with E-state index >= 15 is 0 Å². The number of phosphoric acid groups is 2. The Balaban J connectivity index is 5.34. The quantitative estimate of drug-likeness (QED) is 0.0169. The third-order valence-electron chi connectivity index (χ3n) is 15.2. The molecule has 0 heterocycles. The molecular formula is C73H130O17P2. The summed E-state index contributed by atoms with van der Waals surface area (Å²) < 4.78 is 68.2. The zero-order valence-electron chi connectivity index (χ0n) is 58.0. The lowest BCUT2D eigenvalue weighted by atomic mass is 10.0. The van der Waals surface area contributed by atoms with Gasteiger partial charge in [-0.3, -0.25) is 37.3 Å². The van der Waals surface area contributed by atoms with Gasteiger partial charge in [-0.15, -0.1) is 0 Å². The minimum Gasteiger partial charge on any atom is -0.462 e. The highest BCUT2D eigenvalue weighted by Crippen LogP contribution is 2.45. The SMILES string of the molecule is CC/C=C\C/C=C\C/C=C\C/C=C\CCCCC(=O)OCC(COP(=O)(O)OCC(O)COP(=O)(O)OCC(COC(=O)CCCCCCC/C=C\CCCCCC)OC(=O)CCCCCCCCCCCCCCC)OC(=O)CCCCCCC/C=C\CCCC. The molecule has 0 fully saturated rings. The van der Waals surface area contributed by atoms with Gasteiger partial charge in [0.25, 0.3) is 0 Å². The van der Waals surface area contributed by atoms with Gasteiger partial charge < -0.3 is 33.8 Å². The van der Waals surface area contributed by atoms with Crippen LogP contribution in [-0.4, -0.2) is 96.7 Å². The van der Waals surface area contributed by atoms with Crippen molar-refractivity contribution in [3.8, 4) is 0 Å². The van der Waals surface area contributed by atoms with Gasteiger partial charge >= 0.3 is 39.5 Å². The number of carbonyl (C=O) groups excluding carboxylic acids is 4. The van der Waals surface area contributed by atoms with Gasteiger partial charge in [0.05, 0.1) is 26.4 Å². The number of aliphatic hydroxyl groups is 1. The maximum absolute atomic E-state index is 13.0. The van der Waals surface area contributed by atoms with Crippen LogP contribution in [0.25, 0.3) is 0 Å². The van der Waals surface area contributed by atoms with Gasteiger partial charge in [0.1, 0.15) is 19.3 Å². The number of unbranched alkanes of at least 4 members (excludes halogenated alkanes) is 30. The molecule has 19 heteroatoms. The van der Waals surface area contributed by atoms with E-state index in [0.717, 1.165) is 141 Å². The van der Waals surface area contributed by atoms with Gasteiger partial charge in [-0.25, -0.2) is 9.13 Å². The maximum atomic E-state index is 13.0. The van der Waals surface area contributed by atoms with Crippen molar-refractivity contribution in [3.05, 3.63) is 72.9 Å². The van der Waals surface area contributed by atoms with Crippen molar-refractivity contribution < 1.29 is 80.2 Å². The van der Waals surface area contributed by atoms with Gasteiger partial charge in [0, 0.05) is 25.7 Å². The molecule has 3 N–H and O–H groups in total. The van der Waals surface area contributed by atoms with E-state index in [9.17, 15) is 43.2 Å². The lowest BCUT2D eigenvalue weighted by Crippen LogP contribution is -2.30. The van der Waals surface area contributed by atoms with E-state index < -0.39 is 97.5 Å². The molecule has 92 heavy (non-hydrogen) atoms. The molecule has 0 aromatic heterocycles. The lowest BCUT2D eigenvalue weighted by Gasteiger charge is -2.21. The van der Waals surface area contributed by atoms with E-state index in [1.807, 2.05) is 0 Å². The van der Waals surface area contributed by atoms with Crippen molar-refractivity contribution in [3.63, 3.8) is 0 Å². The number of ether oxygens (including phenoxy) is 4. The summed E-state index contributed by atoms with van der Waals surface area (Å²) in [4.78, 5) is 72.6. The smallest absolute Gasteiger partial charge is 0.462 e. The van der Waals surface area contributed by atoms with Crippen molar-refractivity contribution >= 4 is 39.5 Å². The molecule has 0 amide bonds. The second kappa shape index (κ2) is 66.1. The Bertz CT molecular complexity index is 2040. The molecule has 0 aliphatic rings. The maximum Gasteiger partial charge on any atom is 0.472 e. The summed E-state index contributed by atoms with van der Waals surface area (Å²) in [6.45, 7) is 4.65. The predicted molar refractivity (Wildman–Crippen MR) is 372 cm³/mol. The van der Waals surface area contributed by atoms with Gasteiger partial charge in [-0.1, -0.05) is 248 Å². The first-order valence-corrected chi connectivity index (χ1v) is 39.2. The molecule has 0 aliphatic carbocycles. The number of carbonyl (C=O) groups is 4. The van der Waals surface area contributed by atoms with Crippen LogP contribution in [0.5, 0.6) is 0 Å². The van der Waals surface area contributed by atoms with Crippen LogP contribution in [0.4, 0.5) is 0 Å². The number of esters is 4. The first-order valence-electron chi connectivity index (χ1n) is 36.2. The van der Waals surface area contributed by atoms with E-state index in [0.29, 0.717) is 25.7 Å². The number of rotatable bonds is 68. The summed E-state index contributed by atoms with van der Waals surface area (Å²) in [6.07, 6.45) is 63.4. The molecule has 5 atom stereocenters. The van der Waals surface area contributed by atoms with Crippen LogP contribution in [-0.2, 0) is 65.4 Å². The fourth-order valence-corrected chi connectivity index (χ4v) is 11.2. The monoisotopic (exact) mass is 1340 g/mol. The topological polar surface area (TPSA) is 237 Å². The first-order chi connectivity index (χ1) is 44.7. The van der Waals surface area contributed by atoms with Gasteiger partial charge in [0.15, 0.2) is 12.2 Å². The summed E-state index contributed by atoms with van der Waals surface area (Å²) in [5, 5.41) is 10.6. The second-order valence-corrected chi connectivity index (χ2v) is 27.1. The standard InChI is InChI=1S/C73H130O17P2/c1-5-9-13-17-21-25-29-32-33-36-39-42-46-50-54-58-71(76)84-63-68(89-72(77)59-55-51-47-43-37-28-24-20-16-12-8-4)65-87-91(79,80)85-61-67(74)62-86-92(81,82)88-66-69(90-73(78)60-56-52-48-44-40-35-31-27-23-19-15-11-7-3)64-83-70(75)57-53-49-45-41-38-34-30-26-22-18-14-10-6-2/h9,13,20-21,24-26,30,32-33,39,42,67-69,74H,5-8,10-12,14-19,22-23,27-29,31,34-38,40-41,43-66H2,1-4H3,(H,79,80)(H,81,82)/b13-9-,24-20-,25-21-,30-26-,33-32-,42-39-. The van der Waals surface area contributed by atoms with Gasteiger partial charge in [-0.05, 0) is 109 Å². The zero-order valence-corrected chi connectivity index (χ0v) is 59.8. The normalized spacial score (nSPS) is 14.5. The van der Waals surface area contributed by atoms with Crippen molar-refractivity contribution in [2.45, 2.75) is 329 Å². The highest BCUT2D eigenvalue weighted by molar-refractivity contribution is 7.47. The Kier molecular flexibility index (Phi) is 63.6. The van der Waals surface area contributed by atoms with Crippen LogP contribution in [0.15, 0.2) is 72.9 Å². The van der Waals surface area contributed by atoms with Gasteiger partial charge in [-0.2, -0.15) is 0 Å². The summed E-state index contributed by atoms with van der Waals surface area (Å²) >= 11 is 0. The fourth-order valence-electron chi connectivity index (χ4n) is 9.60. The Morgan fingerprint density at radius 2 is 0.576 bits per heavy atom. The first kappa shape index (κ1) is 88.5. The summed E-state index contributed by atoms with van der Waals surface area (Å²) in [5.41, 5.74) is 0. The molecule has 0 aromatic rings. The Morgan fingerprint density at radius 3 is 0.946 bits per heavy atom. The molecule has 534 valence electrons. The Morgan fingerprint density at radius 1 is 0.315 bits per heavy atom. The molecular weight excluding hydrogens is 1210 g/mol. The van der Waals surface area contributed by atoms with E-state index in [2.05, 4.69) is 101 Å². The average molecular weight is 1340 g/mol. The third kappa shape index (κ3) is 65.2. The van der Waals surface area contributed by atoms with Crippen molar-refractivity contribution in [1.82, 2.24) is 0 Å². The lowest BCUT2D eigenvalue weighted by molar-refractivity contribution is -0.161. The Labute approximate surface area is 558 Å². The molecule has 0 aromatic carbocycles. The molecule has 17 nitrogen and oxygen atoms in total. The Hall–Kier alpha value is -3.50. The summed E-state index contributed by atoms with van der Waals surface area (Å²) in [6, 6.07) is 0. The van der Waals surface area contributed by atoms with Gasteiger partial charge in [0.2, 0.25) is 0 Å². The molecule has 5 unspecified atom stereocenters. The van der Waals surface area contributed by atoms with E-state index in [1.54, 1.807) is 0 Å². The molecule has 0 saturated carbocycles. The van der Waals surface area contributed by atoms with Crippen LogP contribution in [0, 0.1) is 0 Å². The zero-order chi connectivity index (χ0) is 67.5. The van der Waals surface area contributed by atoms with Crippen LogP contribution in [0.1, 0.15) is 310 Å². The van der Waals surface area contributed by atoms with Crippen LogP contribution < -0.4 is 0 Å². The van der Waals surface area contributed by atoms with E-state index in [1.165, 1.54) is 89.9 Å². The number of hydrogen-bond acceptors (Lipinski definition) is 15. The van der Waals surface area contributed by atoms with E-state index in [4.69, 9.17) is 37.0 Å². The molecule has 0 aliphatic heterocycles. The van der Waals surface area contributed by atoms with E-state index in [-0.39, 0.29) is 25.7 Å². The largest absolute Gasteiger partial charge is 0.472 e. The summed E-state index contributed by atoms with van der Waals surface area (Å²) in [7, 11) is -9.94. The highest BCUT2D eigenvalue weighted by atomic mass is 31.2. The minimum atomic E-state index is -4.97. The van der Waals surface area contributed by atoms with Crippen molar-refractivity contribution in [2.24, 2.45) is 0 Å². The minimum absolute atomic E-state index is 0.0770. The van der Waals surface area contributed by atoms with Crippen LogP contribution in [0.3, 0.4) is 0 Å². The molecule has 0 saturated heterocycles. The summed E-state index contributed by atoms with van der Waals surface area (Å²) in [5.74, 6) is -2.22. The molecule has 0 radical (unpaired) electrons. The van der Waals surface area contributed by atoms with Crippen LogP contribution in [0.2, 0.25) is 0 Å². The second-order valence-electron chi connectivity index (χ2n) is 24.2. The molecule has 0 rings (SSSR count). The third-order valence-corrected chi connectivity index (χ3v) is 17.1.